The molecular weight excluding hydrogens is 296 g/mol. The van der Waals surface area contributed by atoms with Gasteiger partial charge in [0.2, 0.25) is 10.0 Å². The summed E-state index contributed by atoms with van der Waals surface area (Å²) in [5, 5.41) is 0. The summed E-state index contributed by atoms with van der Waals surface area (Å²) in [6, 6.07) is 7.43. The zero-order valence-electron chi connectivity index (χ0n) is 13.9. The van der Waals surface area contributed by atoms with Crippen LogP contribution in [0.4, 0.5) is 0 Å². The molecule has 0 aromatic heterocycles. The lowest BCUT2D eigenvalue weighted by Gasteiger charge is -2.29. The van der Waals surface area contributed by atoms with Crippen LogP contribution >= 0.6 is 0 Å². The van der Waals surface area contributed by atoms with Gasteiger partial charge in [0.15, 0.2) is 0 Å². The number of likely N-dealkylation sites (tertiary alicyclic amines) is 1. The fraction of sp³-hybridized carbons (Fsp3) is 0.647. The summed E-state index contributed by atoms with van der Waals surface area (Å²) in [6.07, 6.45) is 3.47. The van der Waals surface area contributed by atoms with Crippen molar-refractivity contribution < 1.29 is 8.42 Å². The van der Waals surface area contributed by atoms with Crippen molar-refractivity contribution >= 4 is 10.0 Å². The van der Waals surface area contributed by atoms with Gasteiger partial charge in [-0.25, -0.2) is 13.1 Å². The quantitative estimate of drug-likeness (QED) is 0.839. The number of sulfonamides is 1. The van der Waals surface area contributed by atoms with E-state index in [2.05, 4.69) is 23.5 Å². The number of hydrogen-bond acceptors (Lipinski definition) is 3. The van der Waals surface area contributed by atoms with E-state index in [1.54, 1.807) is 12.1 Å². The number of hydrogen-bond donors (Lipinski definition) is 1. The molecule has 0 radical (unpaired) electrons. The highest BCUT2D eigenvalue weighted by atomic mass is 32.2. The largest absolute Gasteiger partial charge is 0.299 e. The first-order chi connectivity index (χ1) is 10.4. The predicted octanol–water partition coefficient (Wildman–Crippen LogP) is 2.78. The van der Waals surface area contributed by atoms with Crippen molar-refractivity contribution in [1.29, 1.82) is 0 Å². The summed E-state index contributed by atoms with van der Waals surface area (Å²) in [4.78, 5) is 2.82. The first-order valence-electron chi connectivity index (χ1n) is 8.19. The van der Waals surface area contributed by atoms with Crippen LogP contribution in [0.15, 0.2) is 29.2 Å². The summed E-state index contributed by atoms with van der Waals surface area (Å²) in [7, 11) is -3.43. The van der Waals surface area contributed by atoms with Gasteiger partial charge in [-0.3, -0.25) is 4.90 Å². The summed E-state index contributed by atoms with van der Waals surface area (Å²) in [5.74, 6) is 0.563. The van der Waals surface area contributed by atoms with Crippen LogP contribution in [0, 0.1) is 12.8 Å². The number of aryl methyl sites for hydroxylation is 1. The first-order valence-corrected chi connectivity index (χ1v) is 9.68. The summed E-state index contributed by atoms with van der Waals surface area (Å²) in [5.41, 5.74) is 0.789. The second kappa shape index (κ2) is 7.57. The Bertz CT molecular complexity index is 578. The molecule has 1 unspecified atom stereocenters. The second-order valence-corrected chi connectivity index (χ2v) is 8.38. The van der Waals surface area contributed by atoms with E-state index in [-0.39, 0.29) is 0 Å². The molecule has 1 saturated heterocycles. The minimum atomic E-state index is -3.43. The summed E-state index contributed by atoms with van der Waals surface area (Å²) >= 11 is 0. The number of rotatable bonds is 7. The van der Waals surface area contributed by atoms with Crippen molar-refractivity contribution in [3.63, 3.8) is 0 Å². The van der Waals surface area contributed by atoms with Gasteiger partial charge in [0.25, 0.3) is 0 Å². The molecule has 1 aromatic carbocycles. The van der Waals surface area contributed by atoms with Crippen molar-refractivity contribution in [3.8, 4) is 0 Å². The van der Waals surface area contributed by atoms with E-state index in [9.17, 15) is 8.42 Å². The normalized spacial score (nSPS) is 18.0. The van der Waals surface area contributed by atoms with Crippen molar-refractivity contribution in [2.24, 2.45) is 5.92 Å². The fourth-order valence-corrected chi connectivity index (χ4v) is 4.47. The predicted molar refractivity (Wildman–Crippen MR) is 90.4 cm³/mol. The van der Waals surface area contributed by atoms with Gasteiger partial charge < -0.3 is 0 Å². The molecule has 1 aromatic rings. The maximum atomic E-state index is 12.5. The Morgan fingerprint density at radius 3 is 2.41 bits per heavy atom. The first kappa shape index (κ1) is 17.4. The van der Waals surface area contributed by atoms with Crippen LogP contribution in [0.25, 0.3) is 0 Å². The third-order valence-electron chi connectivity index (χ3n) is 4.29. The van der Waals surface area contributed by atoms with Crippen LogP contribution in [-0.2, 0) is 10.0 Å². The molecule has 0 spiro atoms. The molecule has 1 aliphatic heterocycles. The maximum absolute atomic E-state index is 12.5. The molecule has 0 aliphatic carbocycles. The van der Waals surface area contributed by atoms with Crippen LogP contribution in [0.5, 0.6) is 0 Å². The average molecular weight is 324 g/mol. The lowest BCUT2D eigenvalue weighted by molar-refractivity contribution is 0.214. The van der Waals surface area contributed by atoms with E-state index in [4.69, 9.17) is 0 Å². The molecule has 1 heterocycles. The molecule has 1 aliphatic rings. The smallest absolute Gasteiger partial charge is 0.240 e. The molecule has 1 atom stereocenters. The van der Waals surface area contributed by atoms with Crippen molar-refractivity contribution in [2.45, 2.75) is 51.0 Å². The van der Waals surface area contributed by atoms with E-state index in [1.807, 2.05) is 19.1 Å². The summed E-state index contributed by atoms with van der Waals surface area (Å²) in [6.45, 7) is 8.89. The topological polar surface area (TPSA) is 49.4 Å². The van der Waals surface area contributed by atoms with E-state index in [1.165, 1.54) is 12.8 Å². The second-order valence-electron chi connectivity index (χ2n) is 6.64. The average Bonchev–Trinajstić information content (AvgIpc) is 2.97. The van der Waals surface area contributed by atoms with Gasteiger partial charge in [-0.2, -0.15) is 0 Å². The Balaban J connectivity index is 2.06. The highest BCUT2D eigenvalue weighted by Gasteiger charge is 2.25. The molecule has 22 heavy (non-hydrogen) atoms. The van der Waals surface area contributed by atoms with Gasteiger partial charge in [-0.1, -0.05) is 32.0 Å². The van der Waals surface area contributed by atoms with Gasteiger partial charge in [0.1, 0.15) is 0 Å². The maximum Gasteiger partial charge on any atom is 0.240 e. The third kappa shape index (κ3) is 4.54. The van der Waals surface area contributed by atoms with Crippen LogP contribution in [0.1, 0.15) is 38.7 Å². The van der Waals surface area contributed by atoms with Crippen molar-refractivity contribution in [1.82, 2.24) is 9.62 Å². The highest BCUT2D eigenvalue weighted by molar-refractivity contribution is 7.89. The minimum Gasteiger partial charge on any atom is -0.299 e. The molecule has 124 valence electrons. The Labute approximate surface area is 135 Å². The van der Waals surface area contributed by atoms with E-state index >= 15 is 0 Å². The third-order valence-corrected chi connectivity index (χ3v) is 5.88. The Morgan fingerprint density at radius 2 is 1.82 bits per heavy atom. The molecule has 1 fully saturated rings. The van der Waals surface area contributed by atoms with Crippen LogP contribution < -0.4 is 4.72 Å². The van der Waals surface area contributed by atoms with Crippen molar-refractivity contribution in [2.75, 3.05) is 19.6 Å². The monoisotopic (exact) mass is 324 g/mol. The van der Waals surface area contributed by atoms with E-state index in [0.717, 1.165) is 25.1 Å². The standard InChI is InChI=1S/C17H28N2O2S/c1-14(2)12-16(19-10-6-7-11-19)13-18-22(20,21)17-9-5-4-8-15(17)3/h4-5,8-9,14,16,18H,6-7,10-13H2,1-3H3. The Kier molecular flexibility index (Phi) is 6.01. The zero-order chi connectivity index (χ0) is 16.2. The lowest BCUT2D eigenvalue weighted by Crippen LogP contribution is -2.43. The molecule has 4 nitrogen and oxygen atoms in total. The van der Waals surface area contributed by atoms with Gasteiger partial charge in [-0.15, -0.1) is 0 Å². The van der Waals surface area contributed by atoms with Gasteiger partial charge >= 0.3 is 0 Å². The Morgan fingerprint density at radius 1 is 1.18 bits per heavy atom. The molecular formula is C17H28N2O2S. The van der Waals surface area contributed by atoms with E-state index in [0.29, 0.717) is 23.4 Å². The number of nitrogens with zero attached hydrogens (tertiary/aromatic N) is 1. The molecule has 0 bridgehead atoms. The van der Waals surface area contributed by atoms with Crippen LogP contribution in [0.2, 0.25) is 0 Å². The molecule has 0 saturated carbocycles. The zero-order valence-corrected chi connectivity index (χ0v) is 14.7. The van der Waals surface area contributed by atoms with Crippen LogP contribution in [0.3, 0.4) is 0 Å². The summed E-state index contributed by atoms with van der Waals surface area (Å²) < 4.78 is 27.9. The highest BCUT2D eigenvalue weighted by Crippen LogP contribution is 2.19. The minimum absolute atomic E-state index is 0.293. The van der Waals surface area contributed by atoms with Crippen LogP contribution in [-0.4, -0.2) is 39.0 Å². The fourth-order valence-electron chi connectivity index (χ4n) is 3.15. The van der Waals surface area contributed by atoms with E-state index < -0.39 is 10.0 Å². The molecule has 5 heteroatoms. The number of benzene rings is 1. The molecule has 1 N–H and O–H groups in total. The Hall–Kier alpha value is -0.910. The molecule has 0 amide bonds. The number of nitrogens with one attached hydrogen (secondary N) is 1. The molecule has 2 rings (SSSR count). The van der Waals surface area contributed by atoms with Gasteiger partial charge in [0.05, 0.1) is 4.90 Å². The van der Waals surface area contributed by atoms with Gasteiger partial charge in [-0.05, 0) is 56.8 Å². The lowest BCUT2D eigenvalue weighted by atomic mass is 10.0. The van der Waals surface area contributed by atoms with Crippen molar-refractivity contribution in [3.05, 3.63) is 29.8 Å². The SMILES string of the molecule is Cc1ccccc1S(=O)(=O)NCC(CC(C)C)N1CCCC1. The van der Waals surface area contributed by atoms with Gasteiger partial charge in [0, 0.05) is 12.6 Å².